The lowest BCUT2D eigenvalue weighted by Gasteiger charge is -2.17. The molecule has 0 aromatic carbocycles. The minimum Gasteiger partial charge on any atom is -0.352 e. The first-order chi connectivity index (χ1) is 8.40. The van der Waals surface area contributed by atoms with E-state index in [-0.39, 0.29) is 11.9 Å². The molecule has 1 rings (SSSR count). The van der Waals surface area contributed by atoms with Crippen LogP contribution in [0.25, 0.3) is 0 Å². The Kier molecular flexibility index (Phi) is 5.34. The Labute approximate surface area is 109 Å². The van der Waals surface area contributed by atoms with Crippen molar-refractivity contribution in [2.75, 3.05) is 0 Å². The third-order valence-electron chi connectivity index (χ3n) is 2.93. The second kappa shape index (κ2) is 6.54. The number of aryl methyl sites for hydroxylation is 1. The third-order valence-corrected chi connectivity index (χ3v) is 2.93. The summed E-state index contributed by atoms with van der Waals surface area (Å²) in [5.41, 5.74) is 6.63. The van der Waals surface area contributed by atoms with Crippen LogP contribution in [0.1, 0.15) is 45.2 Å². The van der Waals surface area contributed by atoms with Gasteiger partial charge in [0, 0.05) is 24.8 Å². The molecule has 5 nitrogen and oxygen atoms in total. The van der Waals surface area contributed by atoms with Crippen LogP contribution in [0.3, 0.4) is 0 Å². The van der Waals surface area contributed by atoms with Gasteiger partial charge < -0.3 is 11.1 Å². The van der Waals surface area contributed by atoms with E-state index in [1.807, 2.05) is 6.92 Å². The molecular formula is C13H24N4O. The number of hydrogen-bond acceptors (Lipinski definition) is 3. The predicted octanol–water partition coefficient (Wildman–Crippen LogP) is 1.36. The molecular weight excluding hydrogens is 228 g/mol. The minimum atomic E-state index is -0.639. The highest BCUT2D eigenvalue weighted by atomic mass is 16.2. The molecule has 0 radical (unpaired) electrons. The Morgan fingerprint density at radius 2 is 2.11 bits per heavy atom. The van der Waals surface area contributed by atoms with E-state index in [4.69, 9.17) is 5.73 Å². The van der Waals surface area contributed by atoms with Crippen molar-refractivity contribution in [3.63, 3.8) is 0 Å². The van der Waals surface area contributed by atoms with E-state index < -0.39 is 6.04 Å². The largest absolute Gasteiger partial charge is 0.352 e. The molecule has 3 N–H and O–H groups in total. The predicted molar refractivity (Wildman–Crippen MR) is 71.8 cm³/mol. The molecule has 18 heavy (non-hydrogen) atoms. The summed E-state index contributed by atoms with van der Waals surface area (Å²) in [6.45, 7) is 6.36. The molecule has 0 aliphatic carbocycles. The number of nitrogens with two attached hydrogens (primary N) is 1. The number of carbonyl (C=O) groups is 1. The fraction of sp³-hybridized carbons (Fsp3) is 0.692. The summed E-state index contributed by atoms with van der Waals surface area (Å²) in [5, 5.41) is 6.96. The minimum absolute atomic E-state index is 0.140. The zero-order valence-corrected chi connectivity index (χ0v) is 11.7. The smallest absolute Gasteiger partial charge is 0.241 e. The summed E-state index contributed by atoms with van der Waals surface area (Å²) in [7, 11) is 1.80. The van der Waals surface area contributed by atoms with Crippen LogP contribution >= 0.6 is 0 Å². The highest BCUT2D eigenvalue weighted by molar-refractivity contribution is 5.82. The van der Waals surface area contributed by atoms with Gasteiger partial charge in [0.15, 0.2) is 0 Å². The first-order valence-electron chi connectivity index (χ1n) is 6.44. The van der Waals surface area contributed by atoms with Gasteiger partial charge in [0.25, 0.3) is 0 Å². The van der Waals surface area contributed by atoms with E-state index >= 15 is 0 Å². The van der Waals surface area contributed by atoms with Crippen molar-refractivity contribution >= 4 is 5.91 Å². The number of carbonyl (C=O) groups excluding carboxylic acids is 1. The summed E-state index contributed by atoms with van der Waals surface area (Å²) in [6.07, 6.45) is 5.47. The third kappa shape index (κ3) is 4.49. The number of hydrogen-bond donors (Lipinski definition) is 2. The van der Waals surface area contributed by atoms with E-state index in [0.29, 0.717) is 5.92 Å². The SMILES string of the molecule is CC(C)CCC(C)NC(=O)C(N)c1cnn(C)c1. The fourth-order valence-electron chi connectivity index (χ4n) is 1.74. The lowest BCUT2D eigenvalue weighted by molar-refractivity contribution is -0.123. The van der Waals surface area contributed by atoms with Gasteiger partial charge in [0.2, 0.25) is 5.91 Å². The van der Waals surface area contributed by atoms with Gasteiger partial charge in [-0.25, -0.2) is 0 Å². The standard InChI is InChI=1S/C13H24N4O/c1-9(2)5-6-10(3)16-13(18)12(14)11-7-15-17(4)8-11/h7-10,12H,5-6,14H2,1-4H3,(H,16,18). The van der Waals surface area contributed by atoms with Gasteiger partial charge >= 0.3 is 0 Å². The fourth-order valence-corrected chi connectivity index (χ4v) is 1.74. The molecule has 1 aromatic rings. The lowest BCUT2D eigenvalue weighted by Crippen LogP contribution is -2.39. The molecule has 5 heteroatoms. The highest BCUT2D eigenvalue weighted by Crippen LogP contribution is 2.10. The molecule has 102 valence electrons. The van der Waals surface area contributed by atoms with Crippen molar-refractivity contribution in [2.45, 2.75) is 45.7 Å². The molecule has 1 heterocycles. The second-order valence-corrected chi connectivity index (χ2v) is 5.31. The van der Waals surface area contributed by atoms with E-state index in [1.165, 1.54) is 0 Å². The molecule has 0 saturated heterocycles. The zero-order valence-electron chi connectivity index (χ0n) is 11.7. The van der Waals surface area contributed by atoms with E-state index in [1.54, 1.807) is 24.1 Å². The van der Waals surface area contributed by atoms with Crippen LogP contribution in [0.2, 0.25) is 0 Å². The molecule has 0 saturated carbocycles. The Morgan fingerprint density at radius 3 is 2.61 bits per heavy atom. The Morgan fingerprint density at radius 1 is 1.44 bits per heavy atom. The Hall–Kier alpha value is -1.36. The normalized spacial score (nSPS) is 14.6. The number of nitrogens with zero attached hydrogens (tertiary/aromatic N) is 2. The zero-order chi connectivity index (χ0) is 13.7. The summed E-state index contributed by atoms with van der Waals surface area (Å²) in [6, 6.07) is -0.483. The van der Waals surface area contributed by atoms with Gasteiger partial charge in [0.1, 0.15) is 6.04 Å². The molecule has 0 aliphatic heterocycles. The molecule has 1 amide bonds. The van der Waals surface area contributed by atoms with Crippen LogP contribution in [0.15, 0.2) is 12.4 Å². The maximum Gasteiger partial charge on any atom is 0.241 e. The van der Waals surface area contributed by atoms with Gasteiger partial charge in [-0.2, -0.15) is 5.10 Å². The van der Waals surface area contributed by atoms with Crippen LogP contribution in [0.4, 0.5) is 0 Å². The number of nitrogens with one attached hydrogen (secondary N) is 1. The van der Waals surface area contributed by atoms with Crippen molar-refractivity contribution in [2.24, 2.45) is 18.7 Å². The van der Waals surface area contributed by atoms with Gasteiger partial charge in [-0.15, -0.1) is 0 Å². The second-order valence-electron chi connectivity index (χ2n) is 5.31. The monoisotopic (exact) mass is 252 g/mol. The van der Waals surface area contributed by atoms with Crippen molar-refractivity contribution in [3.8, 4) is 0 Å². The van der Waals surface area contributed by atoms with Crippen LogP contribution in [-0.4, -0.2) is 21.7 Å². The Bertz CT molecular complexity index is 386. The summed E-state index contributed by atoms with van der Waals surface area (Å²) < 4.78 is 1.64. The van der Waals surface area contributed by atoms with Crippen LogP contribution in [-0.2, 0) is 11.8 Å². The molecule has 0 spiro atoms. The van der Waals surface area contributed by atoms with Crippen molar-refractivity contribution < 1.29 is 4.79 Å². The van der Waals surface area contributed by atoms with Gasteiger partial charge in [-0.3, -0.25) is 9.48 Å². The maximum atomic E-state index is 11.9. The molecule has 0 bridgehead atoms. The van der Waals surface area contributed by atoms with E-state index in [0.717, 1.165) is 18.4 Å². The average Bonchev–Trinajstić information content (AvgIpc) is 2.72. The first-order valence-corrected chi connectivity index (χ1v) is 6.44. The summed E-state index contributed by atoms with van der Waals surface area (Å²) in [5.74, 6) is 0.510. The topological polar surface area (TPSA) is 72.9 Å². The maximum absolute atomic E-state index is 11.9. The molecule has 0 aliphatic rings. The van der Waals surface area contributed by atoms with Crippen molar-refractivity contribution in [3.05, 3.63) is 18.0 Å². The van der Waals surface area contributed by atoms with Gasteiger partial charge in [0.05, 0.1) is 6.20 Å². The van der Waals surface area contributed by atoms with Crippen LogP contribution in [0, 0.1) is 5.92 Å². The highest BCUT2D eigenvalue weighted by Gasteiger charge is 2.18. The summed E-state index contributed by atoms with van der Waals surface area (Å²) in [4.78, 5) is 11.9. The lowest BCUT2D eigenvalue weighted by atomic mass is 10.0. The Balaban J connectivity index is 2.45. The van der Waals surface area contributed by atoms with Gasteiger partial charge in [-0.1, -0.05) is 13.8 Å². The van der Waals surface area contributed by atoms with Crippen LogP contribution in [0.5, 0.6) is 0 Å². The van der Waals surface area contributed by atoms with Crippen molar-refractivity contribution in [1.82, 2.24) is 15.1 Å². The van der Waals surface area contributed by atoms with Gasteiger partial charge in [-0.05, 0) is 25.7 Å². The molecule has 2 atom stereocenters. The molecule has 2 unspecified atom stereocenters. The van der Waals surface area contributed by atoms with E-state index in [2.05, 4.69) is 24.3 Å². The molecule has 0 fully saturated rings. The molecule has 1 aromatic heterocycles. The number of aromatic nitrogens is 2. The summed E-state index contributed by atoms with van der Waals surface area (Å²) >= 11 is 0. The number of amides is 1. The quantitative estimate of drug-likeness (QED) is 0.803. The first kappa shape index (κ1) is 14.7. The number of rotatable bonds is 6. The van der Waals surface area contributed by atoms with Crippen LogP contribution < -0.4 is 11.1 Å². The van der Waals surface area contributed by atoms with E-state index in [9.17, 15) is 4.79 Å². The average molecular weight is 252 g/mol. The van der Waals surface area contributed by atoms with Crippen molar-refractivity contribution in [1.29, 1.82) is 0 Å².